The highest BCUT2D eigenvalue weighted by Gasteiger charge is 2.23. The van der Waals surface area contributed by atoms with Gasteiger partial charge in [-0.1, -0.05) is 12.1 Å². The molecule has 2 amide bonds. The Balaban J connectivity index is 1.55. The van der Waals surface area contributed by atoms with E-state index in [9.17, 15) is 9.59 Å². The third-order valence-corrected chi connectivity index (χ3v) is 3.93. The van der Waals surface area contributed by atoms with Crippen molar-refractivity contribution in [3.05, 3.63) is 54.1 Å². The van der Waals surface area contributed by atoms with Crippen molar-refractivity contribution in [3.63, 3.8) is 0 Å². The molecule has 1 aliphatic heterocycles. The molecule has 1 heterocycles. The van der Waals surface area contributed by atoms with Gasteiger partial charge in [0.1, 0.15) is 6.61 Å². The van der Waals surface area contributed by atoms with Gasteiger partial charge in [0, 0.05) is 18.3 Å². The molecular formula is C19H20N2O4. The van der Waals surface area contributed by atoms with E-state index in [2.05, 4.69) is 5.32 Å². The zero-order valence-corrected chi connectivity index (χ0v) is 14.2. The molecule has 1 N–H and O–H groups in total. The van der Waals surface area contributed by atoms with Gasteiger partial charge in [0.15, 0.2) is 23.4 Å². The highest BCUT2D eigenvalue weighted by molar-refractivity contribution is 5.95. The lowest BCUT2D eigenvalue weighted by Gasteiger charge is -2.29. The Bertz CT molecular complexity index is 773. The molecule has 0 fully saturated rings. The summed E-state index contributed by atoms with van der Waals surface area (Å²) in [5.41, 5.74) is 1.24. The number of ketones is 1. The molecule has 0 saturated heterocycles. The summed E-state index contributed by atoms with van der Waals surface area (Å²) in [6, 6.07) is 14.0. The van der Waals surface area contributed by atoms with E-state index in [1.807, 2.05) is 24.3 Å². The Hall–Kier alpha value is -3.02. The summed E-state index contributed by atoms with van der Waals surface area (Å²) in [4.78, 5) is 25.1. The molecule has 6 nitrogen and oxygen atoms in total. The summed E-state index contributed by atoms with van der Waals surface area (Å²) in [6.07, 6.45) is -0.231. The lowest BCUT2D eigenvalue weighted by molar-refractivity contribution is 0.0731. The van der Waals surface area contributed by atoms with Crippen molar-refractivity contribution >= 4 is 17.5 Å². The van der Waals surface area contributed by atoms with Gasteiger partial charge in [-0.3, -0.25) is 4.79 Å². The van der Waals surface area contributed by atoms with Crippen LogP contribution in [0.3, 0.4) is 0 Å². The zero-order chi connectivity index (χ0) is 17.8. The summed E-state index contributed by atoms with van der Waals surface area (Å²) < 4.78 is 11.5. The summed E-state index contributed by atoms with van der Waals surface area (Å²) >= 11 is 0. The van der Waals surface area contributed by atoms with Crippen molar-refractivity contribution in [2.75, 3.05) is 25.5 Å². The Kier molecular flexibility index (Phi) is 4.88. The number of urea groups is 1. The minimum Gasteiger partial charge on any atom is -0.486 e. The van der Waals surface area contributed by atoms with E-state index in [1.165, 1.54) is 6.92 Å². The lowest BCUT2D eigenvalue weighted by Crippen LogP contribution is -2.43. The Morgan fingerprint density at radius 2 is 1.80 bits per heavy atom. The van der Waals surface area contributed by atoms with Crippen molar-refractivity contribution in [2.45, 2.75) is 13.0 Å². The number of benzene rings is 2. The minimum atomic E-state index is -0.252. The van der Waals surface area contributed by atoms with Crippen LogP contribution in [0, 0.1) is 0 Å². The van der Waals surface area contributed by atoms with E-state index in [0.717, 1.165) is 5.75 Å². The fourth-order valence-electron chi connectivity index (χ4n) is 2.55. The molecule has 1 atom stereocenters. The molecule has 130 valence electrons. The van der Waals surface area contributed by atoms with E-state index in [0.29, 0.717) is 30.2 Å². The summed E-state index contributed by atoms with van der Waals surface area (Å²) in [5, 5.41) is 2.80. The number of Topliss-reactive ketones (excluding diaryl/α,β-unsaturated/α-hetero) is 1. The predicted octanol–water partition coefficient (Wildman–Crippen LogP) is 3.19. The van der Waals surface area contributed by atoms with Gasteiger partial charge in [-0.05, 0) is 43.3 Å². The number of para-hydroxylation sites is 2. The topological polar surface area (TPSA) is 67.9 Å². The van der Waals surface area contributed by atoms with Crippen LogP contribution in [-0.4, -0.2) is 43.0 Å². The largest absolute Gasteiger partial charge is 0.486 e. The predicted molar refractivity (Wildman–Crippen MR) is 94.4 cm³/mol. The standard InChI is InChI=1S/C19H20N2O4/c1-13(22)14-7-9-15(10-8-14)20-19(23)21(2)11-16-12-24-17-5-3-4-6-18(17)25-16/h3-10,16H,11-12H2,1-2H3,(H,20,23). The molecule has 2 aromatic rings. The van der Waals surface area contributed by atoms with Gasteiger partial charge in [-0.2, -0.15) is 0 Å². The van der Waals surface area contributed by atoms with Crippen molar-refractivity contribution in [1.29, 1.82) is 0 Å². The number of nitrogens with one attached hydrogen (secondary N) is 1. The maximum atomic E-state index is 12.3. The summed E-state index contributed by atoms with van der Waals surface area (Å²) in [7, 11) is 1.70. The lowest BCUT2D eigenvalue weighted by atomic mass is 10.1. The summed E-state index contributed by atoms with van der Waals surface area (Å²) in [6.45, 7) is 2.29. The number of fused-ring (bicyclic) bond motifs is 1. The molecule has 0 saturated carbocycles. The first kappa shape index (κ1) is 16.8. The van der Waals surface area contributed by atoms with Gasteiger partial charge in [0.25, 0.3) is 0 Å². The first-order valence-corrected chi connectivity index (χ1v) is 8.04. The summed E-state index contributed by atoms with van der Waals surface area (Å²) in [5.74, 6) is 1.40. The van der Waals surface area contributed by atoms with E-state index in [1.54, 1.807) is 36.2 Å². The van der Waals surface area contributed by atoms with Crippen molar-refractivity contribution in [3.8, 4) is 11.5 Å². The van der Waals surface area contributed by atoms with E-state index >= 15 is 0 Å². The van der Waals surface area contributed by atoms with Gasteiger partial charge in [-0.15, -0.1) is 0 Å². The molecule has 0 spiro atoms. The third-order valence-electron chi connectivity index (χ3n) is 3.93. The second-order valence-electron chi connectivity index (χ2n) is 5.94. The van der Waals surface area contributed by atoms with Crippen LogP contribution in [0.1, 0.15) is 17.3 Å². The van der Waals surface area contributed by atoms with E-state index in [-0.39, 0.29) is 17.9 Å². The first-order valence-electron chi connectivity index (χ1n) is 8.04. The Labute approximate surface area is 146 Å². The van der Waals surface area contributed by atoms with Gasteiger partial charge < -0.3 is 19.7 Å². The molecule has 6 heteroatoms. The van der Waals surface area contributed by atoms with Crippen molar-refractivity contribution in [1.82, 2.24) is 4.90 Å². The van der Waals surface area contributed by atoms with Crippen LogP contribution in [0.15, 0.2) is 48.5 Å². The molecule has 2 aromatic carbocycles. The van der Waals surface area contributed by atoms with Gasteiger partial charge in [0.2, 0.25) is 0 Å². The van der Waals surface area contributed by atoms with Crippen LogP contribution in [0.5, 0.6) is 11.5 Å². The maximum Gasteiger partial charge on any atom is 0.321 e. The average Bonchev–Trinajstić information content (AvgIpc) is 2.62. The number of rotatable bonds is 4. The molecule has 0 aliphatic carbocycles. The zero-order valence-electron chi connectivity index (χ0n) is 14.2. The molecule has 1 aliphatic rings. The second-order valence-corrected chi connectivity index (χ2v) is 5.94. The van der Waals surface area contributed by atoms with Crippen molar-refractivity contribution < 1.29 is 19.1 Å². The van der Waals surface area contributed by atoms with Crippen LogP contribution in [0.25, 0.3) is 0 Å². The fraction of sp³-hybridized carbons (Fsp3) is 0.263. The van der Waals surface area contributed by atoms with Crippen LogP contribution in [-0.2, 0) is 0 Å². The smallest absolute Gasteiger partial charge is 0.321 e. The number of ether oxygens (including phenoxy) is 2. The molecular weight excluding hydrogens is 320 g/mol. The molecule has 1 unspecified atom stereocenters. The molecule has 0 bridgehead atoms. The average molecular weight is 340 g/mol. The third kappa shape index (κ3) is 4.09. The Morgan fingerprint density at radius 3 is 2.48 bits per heavy atom. The first-order chi connectivity index (χ1) is 12.0. The number of anilines is 1. The fourth-order valence-corrected chi connectivity index (χ4v) is 2.55. The van der Waals surface area contributed by atoms with E-state index < -0.39 is 0 Å². The number of hydrogen-bond donors (Lipinski definition) is 1. The van der Waals surface area contributed by atoms with Gasteiger partial charge >= 0.3 is 6.03 Å². The molecule has 3 rings (SSSR count). The van der Waals surface area contributed by atoms with Crippen LogP contribution >= 0.6 is 0 Å². The second kappa shape index (κ2) is 7.25. The number of likely N-dealkylation sites (N-methyl/N-ethyl adjacent to an activating group) is 1. The van der Waals surface area contributed by atoms with Crippen molar-refractivity contribution in [2.24, 2.45) is 0 Å². The number of nitrogens with zero attached hydrogens (tertiary/aromatic N) is 1. The highest BCUT2D eigenvalue weighted by atomic mass is 16.6. The number of carbonyl (C=O) groups excluding carboxylic acids is 2. The molecule has 0 aromatic heterocycles. The monoisotopic (exact) mass is 340 g/mol. The SMILES string of the molecule is CC(=O)c1ccc(NC(=O)N(C)CC2COc3ccccc3O2)cc1. The van der Waals surface area contributed by atoms with Gasteiger partial charge in [-0.25, -0.2) is 4.79 Å². The van der Waals surface area contributed by atoms with Crippen LogP contribution in [0.2, 0.25) is 0 Å². The number of hydrogen-bond acceptors (Lipinski definition) is 4. The number of amides is 2. The number of carbonyl (C=O) groups is 2. The highest BCUT2D eigenvalue weighted by Crippen LogP contribution is 2.30. The van der Waals surface area contributed by atoms with E-state index in [4.69, 9.17) is 9.47 Å². The minimum absolute atomic E-state index is 0.00952. The van der Waals surface area contributed by atoms with Crippen LogP contribution in [0.4, 0.5) is 10.5 Å². The van der Waals surface area contributed by atoms with Gasteiger partial charge in [0.05, 0.1) is 6.54 Å². The molecule has 25 heavy (non-hydrogen) atoms. The quantitative estimate of drug-likeness (QED) is 0.868. The van der Waals surface area contributed by atoms with Crippen LogP contribution < -0.4 is 14.8 Å². The molecule has 0 radical (unpaired) electrons. The Morgan fingerprint density at radius 1 is 1.12 bits per heavy atom. The normalized spacial score (nSPS) is 15.4. The maximum absolute atomic E-state index is 12.3.